The van der Waals surface area contributed by atoms with Crippen molar-refractivity contribution in [3.05, 3.63) is 64.2 Å². The molecule has 0 fully saturated rings. The van der Waals surface area contributed by atoms with E-state index in [4.69, 9.17) is 11.6 Å². The highest BCUT2D eigenvalue weighted by Gasteiger charge is 2.33. The van der Waals surface area contributed by atoms with Crippen molar-refractivity contribution in [1.82, 2.24) is 14.5 Å². The Kier molecular flexibility index (Phi) is 8.88. The molecule has 0 saturated carbocycles. The van der Waals surface area contributed by atoms with E-state index in [0.717, 1.165) is 19.7 Å². The lowest BCUT2D eigenvalue weighted by molar-refractivity contribution is -0.139. The Bertz CT molecular complexity index is 1100. The molecule has 0 aliphatic rings. The monoisotopic (exact) mass is 494 g/mol. The fraction of sp³-hybridized carbons (Fsp3) is 0.391. The van der Waals surface area contributed by atoms with E-state index < -0.39 is 28.7 Å². The third-order valence-electron chi connectivity index (χ3n) is 5.33. The van der Waals surface area contributed by atoms with E-state index in [1.165, 1.54) is 26.0 Å². The van der Waals surface area contributed by atoms with Gasteiger partial charge in [0.15, 0.2) is 0 Å². The van der Waals surface area contributed by atoms with E-state index in [1.54, 1.807) is 44.2 Å². The summed E-state index contributed by atoms with van der Waals surface area (Å²) in [6.45, 7) is 4.91. The van der Waals surface area contributed by atoms with Crippen LogP contribution in [-0.2, 0) is 26.3 Å². The van der Waals surface area contributed by atoms with Crippen molar-refractivity contribution in [3.8, 4) is 0 Å². The van der Waals surface area contributed by atoms with E-state index in [-0.39, 0.29) is 12.5 Å². The van der Waals surface area contributed by atoms with Gasteiger partial charge in [0, 0.05) is 32.7 Å². The van der Waals surface area contributed by atoms with Gasteiger partial charge in [0.05, 0.1) is 5.69 Å². The molecule has 2 aromatic rings. The molecule has 2 amide bonds. The third kappa shape index (κ3) is 6.46. The predicted molar refractivity (Wildman–Crippen MR) is 131 cm³/mol. The molecule has 33 heavy (non-hydrogen) atoms. The van der Waals surface area contributed by atoms with Crippen LogP contribution in [0, 0.1) is 13.8 Å². The topological polar surface area (TPSA) is 90.0 Å². The van der Waals surface area contributed by atoms with E-state index in [2.05, 4.69) is 5.32 Å². The van der Waals surface area contributed by atoms with Crippen molar-refractivity contribution in [2.45, 2.75) is 33.4 Å². The van der Waals surface area contributed by atoms with Gasteiger partial charge in [-0.25, -0.2) is 4.31 Å². The first kappa shape index (κ1) is 26.6. The minimum absolute atomic E-state index is 0.118. The fourth-order valence-electron chi connectivity index (χ4n) is 3.27. The molecule has 0 spiro atoms. The minimum Gasteiger partial charge on any atom is -0.357 e. The van der Waals surface area contributed by atoms with Crippen LogP contribution in [0.25, 0.3) is 0 Å². The van der Waals surface area contributed by atoms with Gasteiger partial charge in [-0.15, -0.1) is 0 Å². The number of nitrogens with zero attached hydrogens (tertiary/aromatic N) is 3. The summed E-state index contributed by atoms with van der Waals surface area (Å²) < 4.78 is 28.5. The molecular weight excluding hydrogens is 464 g/mol. The summed E-state index contributed by atoms with van der Waals surface area (Å²) in [5.74, 6) is -0.863. The summed E-state index contributed by atoms with van der Waals surface area (Å²) >= 11 is 5.97. The molecule has 0 aromatic heterocycles. The molecule has 0 heterocycles. The van der Waals surface area contributed by atoms with Gasteiger partial charge in [0.2, 0.25) is 11.8 Å². The van der Waals surface area contributed by atoms with Crippen molar-refractivity contribution in [2.24, 2.45) is 0 Å². The van der Waals surface area contributed by atoms with Gasteiger partial charge >= 0.3 is 10.2 Å². The molecule has 10 heteroatoms. The molecule has 2 aromatic carbocycles. The predicted octanol–water partition coefficient (Wildman–Crippen LogP) is 2.73. The fourth-order valence-corrected chi connectivity index (χ4v) is 4.51. The Labute approximate surface area is 201 Å². The maximum atomic E-state index is 13.5. The van der Waals surface area contributed by atoms with Crippen LogP contribution in [0.15, 0.2) is 42.5 Å². The van der Waals surface area contributed by atoms with Gasteiger partial charge in [0.1, 0.15) is 12.6 Å². The number of anilines is 1. The van der Waals surface area contributed by atoms with Crippen LogP contribution < -0.4 is 9.62 Å². The molecule has 8 nitrogen and oxygen atoms in total. The number of carbonyl (C=O) groups excluding carboxylic acids is 2. The molecular formula is C23H31ClN4O4S. The number of aryl methyl sites for hydroxylation is 2. The number of rotatable bonds is 9. The average Bonchev–Trinajstić information content (AvgIpc) is 2.77. The van der Waals surface area contributed by atoms with E-state index >= 15 is 0 Å². The van der Waals surface area contributed by atoms with Crippen LogP contribution in [0.3, 0.4) is 0 Å². The van der Waals surface area contributed by atoms with Gasteiger partial charge in [-0.05, 0) is 55.7 Å². The van der Waals surface area contributed by atoms with E-state index in [9.17, 15) is 18.0 Å². The number of nitrogens with one attached hydrogen (secondary N) is 1. The van der Waals surface area contributed by atoms with Crippen molar-refractivity contribution in [1.29, 1.82) is 0 Å². The Balaban J connectivity index is 2.49. The summed E-state index contributed by atoms with van der Waals surface area (Å²) in [6.07, 6.45) is 0. The summed E-state index contributed by atoms with van der Waals surface area (Å²) in [6, 6.07) is 11.5. The molecule has 0 radical (unpaired) electrons. The highest BCUT2D eigenvalue weighted by atomic mass is 35.5. The van der Waals surface area contributed by atoms with Crippen LogP contribution in [0.4, 0.5) is 5.69 Å². The number of amides is 2. The zero-order chi connectivity index (χ0) is 24.9. The first-order valence-electron chi connectivity index (χ1n) is 10.4. The maximum absolute atomic E-state index is 13.5. The highest BCUT2D eigenvalue weighted by Crippen LogP contribution is 2.26. The summed E-state index contributed by atoms with van der Waals surface area (Å²) in [7, 11) is 0.327. The Morgan fingerprint density at radius 3 is 2.21 bits per heavy atom. The lowest BCUT2D eigenvalue weighted by Gasteiger charge is -2.33. The molecule has 0 aliphatic carbocycles. The number of benzene rings is 2. The average molecular weight is 495 g/mol. The lowest BCUT2D eigenvalue weighted by Crippen LogP contribution is -2.52. The Morgan fingerprint density at radius 2 is 1.67 bits per heavy atom. The summed E-state index contributed by atoms with van der Waals surface area (Å²) in [5, 5.41) is 3.10. The number of carbonyl (C=O) groups is 2. The molecule has 180 valence electrons. The van der Waals surface area contributed by atoms with Crippen molar-refractivity contribution < 1.29 is 18.0 Å². The Hall–Kier alpha value is -2.62. The number of halogens is 1. The third-order valence-corrected chi connectivity index (χ3v) is 7.39. The normalized spacial score (nSPS) is 12.4. The first-order valence-corrected chi connectivity index (χ1v) is 12.2. The van der Waals surface area contributed by atoms with Gasteiger partial charge in [0.25, 0.3) is 0 Å². The van der Waals surface area contributed by atoms with Gasteiger partial charge in [-0.2, -0.15) is 12.7 Å². The van der Waals surface area contributed by atoms with Gasteiger partial charge in [-0.3, -0.25) is 9.59 Å². The van der Waals surface area contributed by atoms with Crippen molar-refractivity contribution in [2.75, 3.05) is 32.0 Å². The Morgan fingerprint density at radius 1 is 1.06 bits per heavy atom. The molecule has 0 bridgehead atoms. The molecule has 0 aliphatic heterocycles. The van der Waals surface area contributed by atoms with E-state index in [1.807, 2.05) is 19.1 Å². The molecule has 1 N–H and O–H groups in total. The maximum Gasteiger partial charge on any atom is 0.304 e. The van der Waals surface area contributed by atoms with Crippen LogP contribution in [0.1, 0.15) is 23.6 Å². The van der Waals surface area contributed by atoms with Crippen LogP contribution in [0.5, 0.6) is 0 Å². The highest BCUT2D eigenvalue weighted by molar-refractivity contribution is 7.90. The number of likely N-dealkylation sites (N-methyl/N-ethyl adjacent to an activating group) is 1. The standard InChI is InChI=1S/C23H31ClN4O4S/c1-16-7-8-17(2)21(13-16)28(33(31,32)26(5)6)15-22(29)27(18(3)23(30)25-4)14-19-9-11-20(24)12-10-19/h7-13,18H,14-15H2,1-6H3,(H,25,30)/t18-/m1/s1. The SMILES string of the molecule is CNC(=O)[C@@H](C)N(Cc1ccc(Cl)cc1)C(=O)CN(c1cc(C)ccc1C)S(=O)(=O)N(C)C. The zero-order valence-electron chi connectivity index (χ0n) is 19.8. The van der Waals surface area contributed by atoms with E-state index in [0.29, 0.717) is 16.3 Å². The largest absolute Gasteiger partial charge is 0.357 e. The molecule has 2 rings (SSSR count). The minimum atomic E-state index is -3.99. The number of hydrogen-bond donors (Lipinski definition) is 1. The summed E-state index contributed by atoms with van der Waals surface area (Å²) in [5.41, 5.74) is 2.74. The van der Waals surface area contributed by atoms with Gasteiger partial charge < -0.3 is 10.2 Å². The zero-order valence-corrected chi connectivity index (χ0v) is 21.4. The van der Waals surface area contributed by atoms with Crippen molar-refractivity contribution >= 4 is 39.3 Å². The van der Waals surface area contributed by atoms with Crippen molar-refractivity contribution in [3.63, 3.8) is 0 Å². The second-order valence-corrected chi connectivity index (χ2v) is 10.5. The second-order valence-electron chi connectivity index (χ2n) is 8.03. The molecule has 0 unspecified atom stereocenters. The summed E-state index contributed by atoms with van der Waals surface area (Å²) in [4.78, 5) is 27.3. The number of hydrogen-bond acceptors (Lipinski definition) is 4. The second kappa shape index (κ2) is 11.0. The quantitative estimate of drug-likeness (QED) is 0.580. The smallest absolute Gasteiger partial charge is 0.304 e. The first-order chi connectivity index (χ1) is 15.4. The van der Waals surface area contributed by atoms with Crippen LogP contribution >= 0.6 is 11.6 Å². The van der Waals surface area contributed by atoms with Gasteiger partial charge in [-0.1, -0.05) is 35.9 Å². The lowest BCUT2D eigenvalue weighted by atomic mass is 10.1. The molecule has 1 atom stereocenters. The van der Waals surface area contributed by atoms with Crippen LogP contribution in [0.2, 0.25) is 5.02 Å². The molecule has 0 saturated heterocycles. The van der Waals surface area contributed by atoms with Crippen LogP contribution in [-0.4, -0.2) is 63.2 Å².